The predicted molar refractivity (Wildman–Crippen MR) is 75.9 cm³/mol. The van der Waals surface area contributed by atoms with E-state index in [1.165, 1.54) is 4.68 Å². The Balaban J connectivity index is 1.94. The largest absolute Gasteiger partial charge is 0.348 e. The first-order valence-electron chi connectivity index (χ1n) is 6.22. The zero-order valence-corrected chi connectivity index (χ0v) is 11.8. The number of carbonyl (C=O) groups is 1. The van der Waals surface area contributed by atoms with Gasteiger partial charge in [0.25, 0.3) is 0 Å². The zero-order valence-electron chi connectivity index (χ0n) is 11.1. The average Bonchev–Trinajstić information content (AvgIpc) is 2.86. The summed E-state index contributed by atoms with van der Waals surface area (Å²) in [5, 5.41) is 11.2. The van der Waals surface area contributed by atoms with E-state index in [9.17, 15) is 4.79 Å². The Labute approximate surface area is 121 Å². The fourth-order valence-corrected chi connectivity index (χ4v) is 2.00. The van der Waals surface area contributed by atoms with Crippen molar-refractivity contribution < 1.29 is 4.79 Å². The SMILES string of the molecule is CC(NC(=O)Cn1cc(CN)nn1)c1cccc(Cl)c1. The number of aromatic nitrogens is 3. The molecule has 0 saturated carbocycles. The molecule has 1 heterocycles. The second-order valence-electron chi connectivity index (χ2n) is 4.46. The van der Waals surface area contributed by atoms with Crippen LogP contribution in [0.25, 0.3) is 0 Å². The molecule has 0 aliphatic carbocycles. The zero-order chi connectivity index (χ0) is 14.5. The van der Waals surface area contributed by atoms with Crippen LogP contribution < -0.4 is 11.1 Å². The summed E-state index contributed by atoms with van der Waals surface area (Å²) in [6, 6.07) is 7.26. The number of halogens is 1. The van der Waals surface area contributed by atoms with Crippen LogP contribution >= 0.6 is 11.6 Å². The maximum absolute atomic E-state index is 11.9. The van der Waals surface area contributed by atoms with Crippen molar-refractivity contribution in [1.82, 2.24) is 20.3 Å². The highest BCUT2D eigenvalue weighted by Crippen LogP contribution is 2.17. The Morgan fingerprint density at radius 1 is 1.55 bits per heavy atom. The highest BCUT2D eigenvalue weighted by Gasteiger charge is 2.11. The van der Waals surface area contributed by atoms with Crippen LogP contribution in [0, 0.1) is 0 Å². The van der Waals surface area contributed by atoms with Crippen molar-refractivity contribution in [2.75, 3.05) is 0 Å². The van der Waals surface area contributed by atoms with Crippen molar-refractivity contribution in [3.05, 3.63) is 46.7 Å². The highest BCUT2D eigenvalue weighted by molar-refractivity contribution is 6.30. The monoisotopic (exact) mass is 293 g/mol. The molecule has 20 heavy (non-hydrogen) atoms. The van der Waals surface area contributed by atoms with Gasteiger partial charge in [-0.1, -0.05) is 28.9 Å². The molecule has 0 fully saturated rings. The van der Waals surface area contributed by atoms with Crippen LogP contribution in [0.15, 0.2) is 30.5 Å². The van der Waals surface area contributed by atoms with E-state index in [1.54, 1.807) is 12.3 Å². The van der Waals surface area contributed by atoms with Gasteiger partial charge in [0.05, 0.1) is 17.9 Å². The lowest BCUT2D eigenvalue weighted by molar-refractivity contribution is -0.122. The van der Waals surface area contributed by atoms with Crippen LogP contribution in [0.2, 0.25) is 5.02 Å². The van der Waals surface area contributed by atoms with Gasteiger partial charge in [0.2, 0.25) is 5.91 Å². The summed E-state index contributed by atoms with van der Waals surface area (Å²) in [4.78, 5) is 11.9. The molecule has 2 aromatic rings. The molecule has 0 aliphatic heterocycles. The van der Waals surface area contributed by atoms with E-state index in [0.29, 0.717) is 17.3 Å². The lowest BCUT2D eigenvalue weighted by Crippen LogP contribution is -2.30. The predicted octanol–water partition coefficient (Wildman–Crippen LogP) is 1.27. The number of nitrogens with zero attached hydrogens (tertiary/aromatic N) is 3. The fraction of sp³-hybridized carbons (Fsp3) is 0.308. The lowest BCUT2D eigenvalue weighted by atomic mass is 10.1. The Morgan fingerprint density at radius 2 is 2.35 bits per heavy atom. The van der Waals surface area contributed by atoms with Crippen LogP contribution in [-0.2, 0) is 17.9 Å². The van der Waals surface area contributed by atoms with E-state index in [2.05, 4.69) is 15.6 Å². The minimum atomic E-state index is -0.147. The van der Waals surface area contributed by atoms with Gasteiger partial charge in [-0.05, 0) is 24.6 Å². The van der Waals surface area contributed by atoms with Gasteiger partial charge in [-0.2, -0.15) is 0 Å². The Bertz CT molecular complexity index is 598. The minimum Gasteiger partial charge on any atom is -0.348 e. The molecule has 0 saturated heterocycles. The third-order valence-corrected chi connectivity index (χ3v) is 3.06. The number of nitrogens with two attached hydrogens (primary N) is 1. The van der Waals surface area contributed by atoms with Gasteiger partial charge in [0.15, 0.2) is 0 Å². The topological polar surface area (TPSA) is 85.8 Å². The second kappa shape index (κ2) is 6.49. The third-order valence-electron chi connectivity index (χ3n) is 2.83. The Kier molecular flexibility index (Phi) is 4.70. The summed E-state index contributed by atoms with van der Waals surface area (Å²) in [5.74, 6) is -0.147. The van der Waals surface area contributed by atoms with Gasteiger partial charge in [0, 0.05) is 11.6 Å². The summed E-state index contributed by atoms with van der Waals surface area (Å²) in [6.07, 6.45) is 1.66. The fourth-order valence-electron chi connectivity index (χ4n) is 1.80. The lowest BCUT2D eigenvalue weighted by Gasteiger charge is -2.14. The molecule has 1 aromatic heterocycles. The number of nitrogens with one attached hydrogen (secondary N) is 1. The van der Waals surface area contributed by atoms with Crippen molar-refractivity contribution in [2.24, 2.45) is 5.73 Å². The van der Waals surface area contributed by atoms with E-state index in [4.69, 9.17) is 17.3 Å². The summed E-state index contributed by atoms with van der Waals surface area (Å²) < 4.78 is 1.46. The van der Waals surface area contributed by atoms with E-state index >= 15 is 0 Å². The smallest absolute Gasteiger partial charge is 0.242 e. The van der Waals surface area contributed by atoms with Crippen LogP contribution in [0.5, 0.6) is 0 Å². The van der Waals surface area contributed by atoms with Gasteiger partial charge >= 0.3 is 0 Å². The molecule has 1 aromatic carbocycles. The van der Waals surface area contributed by atoms with Crippen molar-refractivity contribution in [3.63, 3.8) is 0 Å². The summed E-state index contributed by atoms with van der Waals surface area (Å²) in [7, 11) is 0. The molecule has 6 nitrogen and oxygen atoms in total. The number of rotatable bonds is 5. The number of amides is 1. The maximum Gasteiger partial charge on any atom is 0.242 e. The summed E-state index contributed by atoms with van der Waals surface area (Å²) >= 11 is 5.93. The Hall–Kier alpha value is -1.92. The first kappa shape index (κ1) is 14.5. The standard InChI is InChI=1S/C13H16ClN5O/c1-9(10-3-2-4-11(14)5-10)16-13(20)8-19-7-12(6-15)17-18-19/h2-5,7,9H,6,8,15H2,1H3,(H,16,20). The van der Waals surface area contributed by atoms with Crippen molar-refractivity contribution in [3.8, 4) is 0 Å². The molecule has 1 unspecified atom stereocenters. The molecule has 0 bridgehead atoms. The van der Waals surface area contributed by atoms with Crippen molar-refractivity contribution in [2.45, 2.75) is 26.1 Å². The first-order valence-corrected chi connectivity index (χ1v) is 6.60. The van der Waals surface area contributed by atoms with Crippen LogP contribution in [-0.4, -0.2) is 20.9 Å². The van der Waals surface area contributed by atoms with Gasteiger partial charge in [-0.15, -0.1) is 5.10 Å². The van der Waals surface area contributed by atoms with Gasteiger partial charge in [-0.25, -0.2) is 4.68 Å². The van der Waals surface area contributed by atoms with E-state index in [0.717, 1.165) is 5.56 Å². The Morgan fingerprint density at radius 3 is 3.00 bits per heavy atom. The first-order chi connectivity index (χ1) is 9.58. The summed E-state index contributed by atoms with van der Waals surface area (Å²) in [6.45, 7) is 2.31. The van der Waals surface area contributed by atoms with Gasteiger partial charge < -0.3 is 11.1 Å². The molecule has 0 aliphatic rings. The molecule has 1 amide bonds. The molecule has 7 heteroatoms. The molecule has 0 spiro atoms. The van der Waals surface area contributed by atoms with E-state index in [-0.39, 0.29) is 18.5 Å². The second-order valence-corrected chi connectivity index (χ2v) is 4.89. The van der Waals surface area contributed by atoms with E-state index in [1.807, 2.05) is 25.1 Å². The molecular weight excluding hydrogens is 278 g/mol. The van der Waals surface area contributed by atoms with Gasteiger partial charge in [0.1, 0.15) is 6.54 Å². The van der Waals surface area contributed by atoms with E-state index < -0.39 is 0 Å². The van der Waals surface area contributed by atoms with Crippen molar-refractivity contribution >= 4 is 17.5 Å². The average molecular weight is 294 g/mol. The molecule has 106 valence electrons. The normalized spacial score (nSPS) is 12.2. The van der Waals surface area contributed by atoms with Crippen LogP contribution in [0.3, 0.4) is 0 Å². The number of hydrogen-bond donors (Lipinski definition) is 2. The molecule has 3 N–H and O–H groups in total. The quantitative estimate of drug-likeness (QED) is 0.869. The molecular formula is C13H16ClN5O. The molecule has 1 atom stereocenters. The minimum absolute atomic E-state index is 0.109. The molecule has 2 rings (SSSR count). The number of benzene rings is 1. The third kappa shape index (κ3) is 3.79. The highest BCUT2D eigenvalue weighted by atomic mass is 35.5. The van der Waals surface area contributed by atoms with Gasteiger partial charge in [-0.3, -0.25) is 4.79 Å². The van der Waals surface area contributed by atoms with Crippen molar-refractivity contribution in [1.29, 1.82) is 0 Å². The molecule has 0 radical (unpaired) electrons. The maximum atomic E-state index is 11.9. The number of carbonyl (C=O) groups excluding carboxylic acids is 1. The number of hydrogen-bond acceptors (Lipinski definition) is 4. The van der Waals surface area contributed by atoms with Crippen LogP contribution in [0.4, 0.5) is 0 Å². The summed E-state index contributed by atoms with van der Waals surface area (Å²) in [5.41, 5.74) is 7.04. The van der Waals surface area contributed by atoms with Crippen LogP contribution in [0.1, 0.15) is 24.2 Å².